The SMILES string of the molecule is CC[C@H](Br)C(=O)c1cccs1. The van der Waals surface area contributed by atoms with Crippen LogP contribution in [-0.4, -0.2) is 10.6 Å². The lowest BCUT2D eigenvalue weighted by Gasteiger charge is -2.01. The number of thiophene rings is 1. The van der Waals surface area contributed by atoms with Gasteiger partial charge in [-0.05, 0) is 17.9 Å². The van der Waals surface area contributed by atoms with E-state index in [4.69, 9.17) is 0 Å². The zero-order chi connectivity index (χ0) is 8.27. The van der Waals surface area contributed by atoms with Crippen molar-refractivity contribution in [2.24, 2.45) is 0 Å². The van der Waals surface area contributed by atoms with E-state index in [1.54, 1.807) is 0 Å². The Hall–Kier alpha value is -0.150. The molecule has 1 rings (SSSR count). The molecule has 3 heteroatoms. The van der Waals surface area contributed by atoms with Crippen LogP contribution in [-0.2, 0) is 0 Å². The fraction of sp³-hybridized carbons (Fsp3) is 0.375. The molecule has 1 atom stereocenters. The Balaban J connectivity index is 2.70. The van der Waals surface area contributed by atoms with Crippen LogP contribution < -0.4 is 0 Å². The largest absolute Gasteiger partial charge is 0.292 e. The highest BCUT2D eigenvalue weighted by Gasteiger charge is 2.14. The number of hydrogen-bond donors (Lipinski definition) is 0. The fourth-order valence-corrected chi connectivity index (χ4v) is 1.88. The van der Waals surface area contributed by atoms with Crippen LogP contribution in [0.1, 0.15) is 23.0 Å². The molecule has 60 valence electrons. The van der Waals surface area contributed by atoms with Gasteiger partial charge in [0.05, 0.1) is 9.70 Å². The Morgan fingerprint density at radius 1 is 1.82 bits per heavy atom. The number of ketones is 1. The van der Waals surface area contributed by atoms with Crippen LogP contribution in [0, 0.1) is 0 Å². The molecule has 11 heavy (non-hydrogen) atoms. The van der Waals surface area contributed by atoms with Crippen molar-refractivity contribution in [2.45, 2.75) is 18.2 Å². The van der Waals surface area contributed by atoms with Crippen molar-refractivity contribution >= 4 is 33.0 Å². The van der Waals surface area contributed by atoms with E-state index < -0.39 is 0 Å². The third kappa shape index (κ3) is 2.14. The number of Topliss-reactive ketones (excluding diaryl/α,β-unsaturated/α-hetero) is 1. The lowest BCUT2D eigenvalue weighted by atomic mass is 10.2. The molecule has 1 heterocycles. The highest BCUT2D eigenvalue weighted by Crippen LogP contribution is 2.17. The smallest absolute Gasteiger partial charge is 0.186 e. The quantitative estimate of drug-likeness (QED) is 0.579. The van der Waals surface area contributed by atoms with Gasteiger partial charge >= 0.3 is 0 Å². The van der Waals surface area contributed by atoms with Crippen molar-refractivity contribution in [3.63, 3.8) is 0 Å². The number of alkyl halides is 1. The first kappa shape index (κ1) is 8.94. The van der Waals surface area contributed by atoms with Crippen molar-refractivity contribution in [1.82, 2.24) is 0 Å². The normalized spacial score (nSPS) is 12.9. The minimum atomic E-state index is -0.0128. The molecule has 0 aliphatic rings. The zero-order valence-electron chi connectivity index (χ0n) is 6.21. The van der Waals surface area contributed by atoms with Crippen molar-refractivity contribution in [3.8, 4) is 0 Å². The molecule has 0 aromatic carbocycles. The van der Waals surface area contributed by atoms with Crippen LogP contribution in [0.5, 0.6) is 0 Å². The molecule has 0 aliphatic heterocycles. The number of halogens is 1. The van der Waals surface area contributed by atoms with Gasteiger partial charge in [0.2, 0.25) is 0 Å². The minimum Gasteiger partial charge on any atom is -0.292 e. The van der Waals surface area contributed by atoms with Crippen LogP contribution in [0.2, 0.25) is 0 Å². The molecule has 1 nitrogen and oxygen atoms in total. The maximum Gasteiger partial charge on any atom is 0.186 e. The highest BCUT2D eigenvalue weighted by molar-refractivity contribution is 9.10. The van der Waals surface area contributed by atoms with Crippen LogP contribution in [0.25, 0.3) is 0 Å². The van der Waals surface area contributed by atoms with Crippen molar-refractivity contribution in [1.29, 1.82) is 0 Å². The third-order valence-corrected chi connectivity index (χ3v) is 3.35. The van der Waals surface area contributed by atoms with E-state index in [-0.39, 0.29) is 10.6 Å². The van der Waals surface area contributed by atoms with Crippen molar-refractivity contribution < 1.29 is 4.79 Å². The van der Waals surface area contributed by atoms with E-state index >= 15 is 0 Å². The summed E-state index contributed by atoms with van der Waals surface area (Å²) in [5.41, 5.74) is 0. The molecule has 1 aromatic heterocycles. The molecule has 0 saturated carbocycles. The molecule has 0 radical (unpaired) electrons. The van der Waals surface area contributed by atoms with E-state index in [0.717, 1.165) is 11.3 Å². The molecule has 0 unspecified atom stereocenters. The van der Waals surface area contributed by atoms with Crippen molar-refractivity contribution in [3.05, 3.63) is 22.4 Å². The Morgan fingerprint density at radius 2 is 2.55 bits per heavy atom. The Morgan fingerprint density at radius 3 is 3.00 bits per heavy atom. The number of carbonyl (C=O) groups is 1. The molecule has 1 aromatic rings. The molecule has 0 fully saturated rings. The summed E-state index contributed by atoms with van der Waals surface area (Å²) in [4.78, 5) is 12.2. The summed E-state index contributed by atoms with van der Waals surface area (Å²) in [7, 11) is 0. The molecule has 0 saturated heterocycles. The molecule has 0 spiro atoms. The van der Waals surface area contributed by atoms with Gasteiger partial charge in [0.1, 0.15) is 0 Å². The average Bonchev–Trinajstić information content (AvgIpc) is 2.53. The molecule has 0 aliphatic carbocycles. The zero-order valence-corrected chi connectivity index (χ0v) is 8.61. The topological polar surface area (TPSA) is 17.1 Å². The highest BCUT2D eigenvalue weighted by atomic mass is 79.9. The summed E-state index contributed by atoms with van der Waals surface area (Å²) >= 11 is 4.82. The van der Waals surface area contributed by atoms with E-state index in [2.05, 4.69) is 15.9 Å². The molecular formula is C8H9BrOS. The van der Waals surface area contributed by atoms with Crippen LogP contribution in [0.4, 0.5) is 0 Å². The van der Waals surface area contributed by atoms with E-state index in [0.29, 0.717) is 0 Å². The second-order valence-electron chi connectivity index (χ2n) is 2.22. The van der Waals surface area contributed by atoms with Gasteiger partial charge in [-0.3, -0.25) is 4.79 Å². The van der Waals surface area contributed by atoms with E-state index in [1.807, 2.05) is 24.4 Å². The van der Waals surface area contributed by atoms with Gasteiger partial charge in [-0.1, -0.05) is 28.9 Å². The number of hydrogen-bond acceptors (Lipinski definition) is 2. The number of carbonyl (C=O) groups excluding carboxylic acids is 1. The van der Waals surface area contributed by atoms with Gasteiger partial charge in [-0.15, -0.1) is 11.3 Å². The second-order valence-corrected chi connectivity index (χ2v) is 4.27. The lowest BCUT2D eigenvalue weighted by Crippen LogP contribution is -2.10. The summed E-state index contributed by atoms with van der Waals surface area (Å²) in [6.07, 6.45) is 0.844. The number of rotatable bonds is 3. The van der Waals surface area contributed by atoms with E-state index in [1.165, 1.54) is 11.3 Å². The van der Waals surface area contributed by atoms with Crippen molar-refractivity contribution in [2.75, 3.05) is 0 Å². The first-order valence-electron chi connectivity index (χ1n) is 3.47. The Kier molecular flexibility index (Phi) is 3.27. The van der Waals surface area contributed by atoms with Gasteiger partial charge < -0.3 is 0 Å². The first-order valence-corrected chi connectivity index (χ1v) is 5.27. The summed E-state index contributed by atoms with van der Waals surface area (Å²) < 4.78 is 0. The molecule has 0 bridgehead atoms. The van der Waals surface area contributed by atoms with Gasteiger partial charge in [0, 0.05) is 0 Å². The fourth-order valence-electron chi connectivity index (χ4n) is 0.759. The lowest BCUT2D eigenvalue weighted by molar-refractivity contribution is 0.0994. The third-order valence-electron chi connectivity index (χ3n) is 1.41. The summed E-state index contributed by atoms with van der Waals surface area (Å²) in [5, 5.41) is 1.92. The average molecular weight is 233 g/mol. The Labute approximate surface area is 78.6 Å². The standard InChI is InChI=1S/C8H9BrOS/c1-2-6(9)8(10)7-4-3-5-11-7/h3-6H,2H2,1H3/t6-/m0/s1. The van der Waals surface area contributed by atoms with Gasteiger partial charge in [-0.25, -0.2) is 0 Å². The maximum absolute atomic E-state index is 11.4. The maximum atomic E-state index is 11.4. The van der Waals surface area contributed by atoms with Crippen LogP contribution in [0.3, 0.4) is 0 Å². The van der Waals surface area contributed by atoms with Crippen LogP contribution in [0.15, 0.2) is 17.5 Å². The predicted molar refractivity (Wildman–Crippen MR) is 51.7 cm³/mol. The first-order chi connectivity index (χ1) is 5.25. The van der Waals surface area contributed by atoms with Gasteiger partial charge in [0.25, 0.3) is 0 Å². The molecule has 0 amide bonds. The van der Waals surface area contributed by atoms with E-state index in [9.17, 15) is 4.79 Å². The van der Waals surface area contributed by atoms with Crippen LogP contribution >= 0.6 is 27.3 Å². The Bertz CT molecular complexity index is 230. The summed E-state index contributed by atoms with van der Waals surface area (Å²) in [6.45, 7) is 1.99. The van der Waals surface area contributed by atoms with Gasteiger partial charge in [-0.2, -0.15) is 0 Å². The monoisotopic (exact) mass is 232 g/mol. The molecular weight excluding hydrogens is 224 g/mol. The minimum absolute atomic E-state index is 0.0128. The van der Waals surface area contributed by atoms with Gasteiger partial charge in [0.15, 0.2) is 5.78 Å². The molecule has 0 N–H and O–H groups in total. The summed E-state index contributed by atoms with van der Waals surface area (Å²) in [5.74, 6) is 0.197. The summed E-state index contributed by atoms with van der Waals surface area (Å²) in [6, 6.07) is 3.75. The second kappa shape index (κ2) is 4.02. The predicted octanol–water partition coefficient (Wildman–Crippen LogP) is 3.10.